The Balaban J connectivity index is 1.49. The number of ether oxygens (including phenoxy) is 2. The third-order valence-corrected chi connectivity index (χ3v) is 7.77. The normalized spacial score (nSPS) is 10.7. The molecule has 0 spiro atoms. The van der Waals surface area contributed by atoms with Gasteiger partial charge in [-0.3, -0.25) is 9.69 Å². The van der Waals surface area contributed by atoms with Gasteiger partial charge in [0.05, 0.1) is 18.7 Å². The largest absolute Gasteiger partial charge is 0.466 e. The standard InChI is InChI=1S/C36H40N2O4S/c1-3-5-6-7-13-25-38(36(40)37-33-19-11-12-20-34(33)42-30-16-9-8-10-17-30)29-15-14-18-32(27-29)43-31-23-21-28(22-24-31)26-35(39)41-4-2/h8-12,14-24,27H,3-7,13,25-26H2,1-2H3,(H,37,40). The predicted octanol–water partition coefficient (Wildman–Crippen LogP) is 9.74. The van der Waals surface area contributed by atoms with Crippen molar-refractivity contribution in [2.45, 2.75) is 62.2 Å². The lowest BCUT2D eigenvalue weighted by Crippen LogP contribution is -2.36. The monoisotopic (exact) mass is 596 g/mol. The second-order valence-electron chi connectivity index (χ2n) is 10.1. The van der Waals surface area contributed by atoms with E-state index >= 15 is 0 Å². The lowest BCUT2D eigenvalue weighted by atomic mass is 10.1. The molecule has 0 aliphatic rings. The second-order valence-corrected chi connectivity index (χ2v) is 11.3. The average Bonchev–Trinajstić information content (AvgIpc) is 3.01. The minimum atomic E-state index is -0.224. The molecule has 0 bridgehead atoms. The number of nitrogens with one attached hydrogen (secondary N) is 1. The number of rotatable bonds is 15. The van der Waals surface area contributed by atoms with Gasteiger partial charge in [0.25, 0.3) is 0 Å². The maximum Gasteiger partial charge on any atom is 0.326 e. The molecule has 1 N–H and O–H groups in total. The fourth-order valence-electron chi connectivity index (χ4n) is 4.58. The highest BCUT2D eigenvalue weighted by Gasteiger charge is 2.18. The Morgan fingerprint density at radius 2 is 1.51 bits per heavy atom. The molecule has 7 heteroatoms. The number of nitrogens with zero attached hydrogens (tertiary/aromatic N) is 1. The van der Waals surface area contributed by atoms with Crippen molar-refractivity contribution in [3.05, 3.63) is 109 Å². The zero-order valence-electron chi connectivity index (χ0n) is 25.0. The van der Waals surface area contributed by atoms with Crippen LogP contribution in [0.3, 0.4) is 0 Å². The number of para-hydroxylation sites is 3. The van der Waals surface area contributed by atoms with Crippen LogP contribution < -0.4 is 15.0 Å². The van der Waals surface area contributed by atoms with Gasteiger partial charge in [0.1, 0.15) is 5.75 Å². The van der Waals surface area contributed by atoms with Gasteiger partial charge in [-0.05, 0) is 73.5 Å². The first kappa shape index (κ1) is 31.7. The van der Waals surface area contributed by atoms with E-state index in [4.69, 9.17) is 9.47 Å². The van der Waals surface area contributed by atoms with Crippen LogP contribution in [0, 0.1) is 0 Å². The quantitative estimate of drug-likeness (QED) is 0.109. The highest BCUT2D eigenvalue weighted by Crippen LogP contribution is 2.33. The topological polar surface area (TPSA) is 67.9 Å². The number of anilines is 2. The summed E-state index contributed by atoms with van der Waals surface area (Å²) in [5.74, 6) is 1.06. The summed E-state index contributed by atoms with van der Waals surface area (Å²) in [5, 5.41) is 3.10. The van der Waals surface area contributed by atoms with Gasteiger partial charge in [-0.15, -0.1) is 0 Å². The fraction of sp³-hybridized carbons (Fsp3) is 0.278. The summed E-state index contributed by atoms with van der Waals surface area (Å²) in [5.41, 5.74) is 2.36. The maximum absolute atomic E-state index is 13.8. The van der Waals surface area contributed by atoms with E-state index in [-0.39, 0.29) is 18.4 Å². The molecule has 0 aliphatic heterocycles. The van der Waals surface area contributed by atoms with E-state index in [0.29, 0.717) is 30.3 Å². The van der Waals surface area contributed by atoms with Crippen LogP contribution in [0.25, 0.3) is 0 Å². The number of amides is 2. The van der Waals surface area contributed by atoms with Gasteiger partial charge in [0.2, 0.25) is 0 Å². The van der Waals surface area contributed by atoms with Crippen molar-refractivity contribution in [3.8, 4) is 11.5 Å². The van der Waals surface area contributed by atoms with E-state index in [0.717, 1.165) is 40.3 Å². The summed E-state index contributed by atoms with van der Waals surface area (Å²) in [7, 11) is 0. The number of benzene rings is 4. The predicted molar refractivity (Wildman–Crippen MR) is 175 cm³/mol. The minimum Gasteiger partial charge on any atom is -0.466 e. The summed E-state index contributed by atoms with van der Waals surface area (Å²) < 4.78 is 11.1. The van der Waals surface area contributed by atoms with E-state index in [2.05, 4.69) is 18.3 Å². The number of esters is 1. The van der Waals surface area contributed by atoms with Gasteiger partial charge in [0.15, 0.2) is 5.75 Å². The summed E-state index contributed by atoms with van der Waals surface area (Å²) in [6.45, 7) is 4.99. The Kier molecular flexibility index (Phi) is 12.5. The summed E-state index contributed by atoms with van der Waals surface area (Å²) in [6, 6.07) is 32.8. The first-order valence-corrected chi connectivity index (χ1v) is 15.8. The van der Waals surface area contributed by atoms with Crippen molar-refractivity contribution in [2.75, 3.05) is 23.4 Å². The zero-order valence-corrected chi connectivity index (χ0v) is 25.8. The Bertz CT molecular complexity index is 1440. The molecule has 0 unspecified atom stereocenters. The Labute approximate surface area is 259 Å². The Hall–Kier alpha value is -4.23. The van der Waals surface area contributed by atoms with Crippen LogP contribution in [-0.2, 0) is 16.0 Å². The molecule has 0 atom stereocenters. The average molecular weight is 597 g/mol. The molecular weight excluding hydrogens is 556 g/mol. The summed E-state index contributed by atoms with van der Waals surface area (Å²) >= 11 is 1.62. The molecule has 0 aliphatic carbocycles. The number of carbonyl (C=O) groups excluding carboxylic acids is 2. The van der Waals surface area contributed by atoms with E-state index in [1.54, 1.807) is 11.8 Å². The molecule has 4 aromatic rings. The lowest BCUT2D eigenvalue weighted by Gasteiger charge is -2.24. The van der Waals surface area contributed by atoms with E-state index < -0.39 is 0 Å². The molecule has 4 rings (SSSR count). The number of unbranched alkanes of at least 4 members (excludes halogenated alkanes) is 4. The molecule has 0 radical (unpaired) electrons. The van der Waals surface area contributed by atoms with Crippen molar-refractivity contribution in [3.63, 3.8) is 0 Å². The van der Waals surface area contributed by atoms with Crippen LogP contribution in [0.5, 0.6) is 11.5 Å². The fourth-order valence-corrected chi connectivity index (χ4v) is 5.45. The highest BCUT2D eigenvalue weighted by molar-refractivity contribution is 7.99. The molecule has 0 saturated carbocycles. The van der Waals surface area contributed by atoms with Crippen molar-refractivity contribution >= 4 is 35.1 Å². The number of carbonyl (C=O) groups is 2. The maximum atomic E-state index is 13.8. The minimum absolute atomic E-state index is 0.204. The van der Waals surface area contributed by atoms with Gasteiger partial charge < -0.3 is 14.8 Å². The molecule has 6 nitrogen and oxygen atoms in total. The van der Waals surface area contributed by atoms with Crippen molar-refractivity contribution in [1.29, 1.82) is 0 Å². The molecule has 43 heavy (non-hydrogen) atoms. The van der Waals surface area contributed by atoms with Crippen LogP contribution in [0.15, 0.2) is 113 Å². The number of urea groups is 1. The Morgan fingerprint density at radius 3 is 2.28 bits per heavy atom. The van der Waals surface area contributed by atoms with Crippen LogP contribution in [-0.4, -0.2) is 25.2 Å². The Morgan fingerprint density at radius 1 is 0.767 bits per heavy atom. The molecule has 0 saturated heterocycles. The molecule has 0 fully saturated rings. The van der Waals surface area contributed by atoms with Crippen LogP contribution in [0.2, 0.25) is 0 Å². The zero-order chi connectivity index (χ0) is 30.3. The van der Waals surface area contributed by atoms with Gasteiger partial charge in [-0.25, -0.2) is 4.79 Å². The molecule has 0 heterocycles. The lowest BCUT2D eigenvalue weighted by molar-refractivity contribution is -0.142. The van der Waals surface area contributed by atoms with Gasteiger partial charge in [-0.1, -0.05) is 92.9 Å². The molecule has 4 aromatic carbocycles. The second kappa shape index (κ2) is 17.0. The van der Waals surface area contributed by atoms with Crippen LogP contribution in [0.4, 0.5) is 16.2 Å². The smallest absolute Gasteiger partial charge is 0.326 e. The summed E-state index contributed by atoms with van der Waals surface area (Å²) in [6.07, 6.45) is 5.76. The SMILES string of the molecule is CCCCCCCN(C(=O)Nc1ccccc1Oc1ccccc1)c1cccc(Sc2ccc(CC(=O)OCC)cc2)c1. The van der Waals surface area contributed by atoms with Crippen molar-refractivity contribution in [1.82, 2.24) is 0 Å². The molecule has 0 aromatic heterocycles. The third kappa shape index (κ3) is 10.2. The van der Waals surface area contributed by atoms with E-state index in [1.165, 1.54) is 12.8 Å². The highest BCUT2D eigenvalue weighted by atomic mass is 32.2. The van der Waals surface area contributed by atoms with E-state index in [1.807, 2.05) is 109 Å². The molecule has 2 amide bonds. The molecular formula is C36H40N2O4S. The van der Waals surface area contributed by atoms with Crippen LogP contribution >= 0.6 is 11.8 Å². The van der Waals surface area contributed by atoms with E-state index in [9.17, 15) is 9.59 Å². The van der Waals surface area contributed by atoms with Gasteiger partial charge in [-0.2, -0.15) is 0 Å². The van der Waals surface area contributed by atoms with Crippen LogP contribution in [0.1, 0.15) is 51.5 Å². The van der Waals surface area contributed by atoms with Gasteiger partial charge >= 0.3 is 12.0 Å². The summed E-state index contributed by atoms with van der Waals surface area (Å²) in [4.78, 5) is 29.5. The first-order valence-electron chi connectivity index (χ1n) is 15.0. The third-order valence-electron chi connectivity index (χ3n) is 6.77. The van der Waals surface area contributed by atoms with Crippen molar-refractivity contribution < 1.29 is 19.1 Å². The molecule has 224 valence electrons. The van der Waals surface area contributed by atoms with Crippen molar-refractivity contribution in [2.24, 2.45) is 0 Å². The van der Waals surface area contributed by atoms with Gasteiger partial charge in [0, 0.05) is 22.0 Å². The number of hydrogen-bond donors (Lipinski definition) is 1. The first-order chi connectivity index (χ1) is 21.1. The number of hydrogen-bond acceptors (Lipinski definition) is 5.